The zero-order chi connectivity index (χ0) is 12.7. The van der Waals surface area contributed by atoms with Gasteiger partial charge in [0.2, 0.25) is 0 Å². The summed E-state index contributed by atoms with van der Waals surface area (Å²) >= 11 is 0. The van der Waals surface area contributed by atoms with Crippen LogP contribution >= 0.6 is 0 Å². The summed E-state index contributed by atoms with van der Waals surface area (Å²) in [5, 5.41) is 14.9. The Hall–Kier alpha value is -1.03. The fourth-order valence-electron chi connectivity index (χ4n) is 2.09. The number of hydrogen-bond donors (Lipinski definition) is 3. The quantitative estimate of drug-likeness (QED) is 0.642. The van der Waals surface area contributed by atoms with Crippen LogP contribution in [0, 0.1) is 5.92 Å². The third kappa shape index (κ3) is 5.73. The Morgan fingerprint density at radius 3 is 2.76 bits per heavy atom. The molecule has 0 radical (unpaired) electrons. The van der Waals surface area contributed by atoms with Gasteiger partial charge in [0.25, 0.3) is 0 Å². The number of carbonyl (C=O) groups is 1. The van der Waals surface area contributed by atoms with Crippen molar-refractivity contribution in [3.8, 4) is 0 Å². The summed E-state index contributed by atoms with van der Waals surface area (Å²) in [6.45, 7) is 4.15. The van der Waals surface area contributed by atoms with Crippen LogP contribution < -0.4 is 10.6 Å². The maximum absolute atomic E-state index is 11.7. The van der Waals surface area contributed by atoms with E-state index < -0.39 is 0 Å². The third-order valence-electron chi connectivity index (χ3n) is 2.92. The maximum atomic E-state index is 11.7. The van der Waals surface area contributed by atoms with Gasteiger partial charge in [-0.3, -0.25) is 0 Å². The predicted molar refractivity (Wildman–Crippen MR) is 68.8 cm³/mol. The third-order valence-corrected chi connectivity index (χ3v) is 2.92. The van der Waals surface area contributed by atoms with Crippen LogP contribution in [0.5, 0.6) is 0 Å². The lowest BCUT2D eigenvalue weighted by atomic mass is 10.0. The zero-order valence-electron chi connectivity index (χ0n) is 10.8. The van der Waals surface area contributed by atoms with Gasteiger partial charge in [0.1, 0.15) is 0 Å². The highest BCUT2D eigenvalue weighted by molar-refractivity contribution is 5.74. The number of urea groups is 1. The van der Waals surface area contributed by atoms with Crippen molar-refractivity contribution in [2.45, 2.75) is 51.6 Å². The first-order valence-corrected chi connectivity index (χ1v) is 6.44. The van der Waals surface area contributed by atoms with Gasteiger partial charge in [0.05, 0.1) is 12.6 Å². The van der Waals surface area contributed by atoms with E-state index in [1.165, 1.54) is 0 Å². The zero-order valence-corrected chi connectivity index (χ0v) is 10.8. The monoisotopic (exact) mass is 240 g/mol. The van der Waals surface area contributed by atoms with Crippen molar-refractivity contribution in [3.05, 3.63) is 12.2 Å². The molecule has 0 saturated heterocycles. The first-order valence-electron chi connectivity index (χ1n) is 6.44. The minimum atomic E-state index is -0.162. The summed E-state index contributed by atoms with van der Waals surface area (Å²) in [5.74, 6) is 0.463. The summed E-state index contributed by atoms with van der Waals surface area (Å²) in [7, 11) is 0. The standard InChI is InChI=1S/C13H24N2O2/c1-10(2)8-12(9-16)15-13(17)14-11-6-4-3-5-7-11/h3-4,10-12,16H,5-9H2,1-2H3,(H2,14,15,17)/t11-,12+/m0/s1. The maximum Gasteiger partial charge on any atom is 0.315 e. The van der Waals surface area contributed by atoms with E-state index in [4.69, 9.17) is 0 Å². The van der Waals surface area contributed by atoms with E-state index in [-0.39, 0.29) is 24.7 Å². The Kier molecular flexibility index (Phi) is 6.05. The van der Waals surface area contributed by atoms with E-state index >= 15 is 0 Å². The van der Waals surface area contributed by atoms with Crippen LogP contribution in [-0.4, -0.2) is 29.8 Å². The number of rotatable bonds is 5. The Morgan fingerprint density at radius 1 is 1.47 bits per heavy atom. The normalized spacial score (nSPS) is 21.3. The molecule has 1 aliphatic rings. The molecule has 17 heavy (non-hydrogen) atoms. The van der Waals surface area contributed by atoms with E-state index in [9.17, 15) is 9.90 Å². The largest absolute Gasteiger partial charge is 0.394 e. The van der Waals surface area contributed by atoms with Gasteiger partial charge < -0.3 is 15.7 Å². The summed E-state index contributed by atoms with van der Waals surface area (Å²) in [5.41, 5.74) is 0. The van der Waals surface area contributed by atoms with Crippen molar-refractivity contribution >= 4 is 6.03 Å². The fourth-order valence-corrected chi connectivity index (χ4v) is 2.09. The Morgan fingerprint density at radius 2 is 2.24 bits per heavy atom. The number of nitrogens with one attached hydrogen (secondary N) is 2. The van der Waals surface area contributed by atoms with Gasteiger partial charge in [-0.1, -0.05) is 26.0 Å². The van der Waals surface area contributed by atoms with Gasteiger partial charge in [0.15, 0.2) is 0 Å². The first-order chi connectivity index (χ1) is 8.11. The number of aliphatic hydroxyl groups is 1. The van der Waals surface area contributed by atoms with Crippen LogP contribution in [0.15, 0.2) is 12.2 Å². The minimum Gasteiger partial charge on any atom is -0.394 e. The van der Waals surface area contributed by atoms with Gasteiger partial charge in [-0.15, -0.1) is 0 Å². The molecule has 98 valence electrons. The predicted octanol–water partition coefficient (Wildman–Crippen LogP) is 1.80. The average Bonchev–Trinajstić information content (AvgIpc) is 2.28. The van der Waals surface area contributed by atoms with Gasteiger partial charge >= 0.3 is 6.03 Å². The van der Waals surface area contributed by atoms with E-state index in [2.05, 4.69) is 36.6 Å². The van der Waals surface area contributed by atoms with Crippen LogP contribution in [0.2, 0.25) is 0 Å². The molecule has 0 spiro atoms. The lowest BCUT2D eigenvalue weighted by Gasteiger charge is -2.23. The topological polar surface area (TPSA) is 61.4 Å². The van der Waals surface area contributed by atoms with E-state index in [1.807, 2.05) is 0 Å². The van der Waals surface area contributed by atoms with Crippen molar-refractivity contribution < 1.29 is 9.90 Å². The van der Waals surface area contributed by atoms with Gasteiger partial charge in [0, 0.05) is 6.04 Å². The molecule has 0 heterocycles. The van der Waals surface area contributed by atoms with Crippen molar-refractivity contribution in [1.82, 2.24) is 10.6 Å². The Bertz CT molecular complexity index is 264. The molecule has 1 rings (SSSR count). The molecule has 3 N–H and O–H groups in total. The summed E-state index contributed by atoms with van der Waals surface area (Å²) < 4.78 is 0. The lowest BCUT2D eigenvalue weighted by molar-refractivity contribution is 0.204. The van der Waals surface area contributed by atoms with Crippen molar-refractivity contribution in [2.24, 2.45) is 5.92 Å². The van der Waals surface area contributed by atoms with Gasteiger partial charge in [-0.05, 0) is 31.6 Å². The fraction of sp³-hybridized carbons (Fsp3) is 0.769. The highest BCUT2D eigenvalue weighted by Gasteiger charge is 2.16. The van der Waals surface area contributed by atoms with Crippen molar-refractivity contribution in [2.75, 3.05) is 6.61 Å². The first kappa shape index (κ1) is 14.0. The van der Waals surface area contributed by atoms with Crippen LogP contribution in [0.25, 0.3) is 0 Å². The van der Waals surface area contributed by atoms with Crippen LogP contribution in [0.4, 0.5) is 4.79 Å². The summed E-state index contributed by atoms with van der Waals surface area (Å²) in [6.07, 6.45) is 7.98. The highest BCUT2D eigenvalue weighted by Crippen LogP contribution is 2.10. The minimum absolute atomic E-state index is 0.00380. The highest BCUT2D eigenvalue weighted by atomic mass is 16.3. The molecule has 0 bridgehead atoms. The Labute approximate surface area is 103 Å². The van der Waals surface area contributed by atoms with Gasteiger partial charge in [-0.2, -0.15) is 0 Å². The number of amides is 2. The molecule has 4 nitrogen and oxygen atoms in total. The molecule has 0 fully saturated rings. The van der Waals surface area contributed by atoms with Crippen molar-refractivity contribution in [3.63, 3.8) is 0 Å². The molecule has 2 atom stereocenters. The molecular formula is C13H24N2O2. The second-order valence-corrected chi connectivity index (χ2v) is 5.11. The molecule has 4 heteroatoms. The molecule has 1 aliphatic carbocycles. The number of aliphatic hydroxyl groups excluding tert-OH is 1. The molecule has 0 aliphatic heterocycles. The molecule has 0 saturated carbocycles. The van der Waals surface area contributed by atoms with E-state index in [1.54, 1.807) is 0 Å². The van der Waals surface area contributed by atoms with Crippen molar-refractivity contribution in [1.29, 1.82) is 0 Å². The second-order valence-electron chi connectivity index (χ2n) is 5.11. The molecule has 2 amide bonds. The molecule has 0 aromatic carbocycles. The SMILES string of the molecule is CC(C)C[C@H](CO)NC(=O)N[C@H]1CC=CCC1. The van der Waals surface area contributed by atoms with Crippen LogP contribution in [0.3, 0.4) is 0 Å². The van der Waals surface area contributed by atoms with Crippen LogP contribution in [0.1, 0.15) is 39.5 Å². The van der Waals surface area contributed by atoms with E-state index in [0.29, 0.717) is 5.92 Å². The molecule has 0 unspecified atom stereocenters. The number of hydrogen-bond acceptors (Lipinski definition) is 2. The molecule has 0 aromatic heterocycles. The number of allylic oxidation sites excluding steroid dienone is 1. The summed E-state index contributed by atoms with van der Waals surface area (Å²) in [4.78, 5) is 11.7. The Balaban J connectivity index is 2.29. The molecule has 0 aromatic rings. The molecular weight excluding hydrogens is 216 g/mol. The summed E-state index contributed by atoms with van der Waals surface area (Å²) in [6, 6.07) is -0.0717. The van der Waals surface area contributed by atoms with Crippen LogP contribution in [-0.2, 0) is 0 Å². The smallest absolute Gasteiger partial charge is 0.315 e. The van der Waals surface area contributed by atoms with E-state index in [0.717, 1.165) is 25.7 Å². The lowest BCUT2D eigenvalue weighted by Crippen LogP contribution is -2.48. The van der Waals surface area contributed by atoms with Gasteiger partial charge in [-0.25, -0.2) is 4.79 Å². The number of carbonyl (C=O) groups excluding carboxylic acids is 1. The second kappa shape index (κ2) is 7.33. The average molecular weight is 240 g/mol.